The van der Waals surface area contributed by atoms with Crippen molar-refractivity contribution in [2.75, 3.05) is 0 Å². The van der Waals surface area contributed by atoms with Crippen LogP contribution < -0.4 is 0 Å². The number of hydrogen-bond acceptors (Lipinski definition) is 2. The fourth-order valence-corrected chi connectivity index (χ4v) is 3.79. The topological polar surface area (TPSA) is 33.0 Å². The minimum Gasteiger partial charge on any atom is -0.392 e. The number of benzene rings is 2. The fraction of sp³-hybridized carbons (Fsp3) is 0.381. The van der Waals surface area contributed by atoms with Crippen LogP contribution in [0.25, 0.3) is 0 Å². The maximum Gasteiger partial charge on any atom is 0.196 e. The van der Waals surface area contributed by atoms with Crippen LogP contribution in [0.3, 0.4) is 0 Å². The summed E-state index contributed by atoms with van der Waals surface area (Å²) in [6, 6.07) is 20.5. The Hall–Kier alpha value is -1.89. The molecule has 0 radical (unpaired) electrons. The van der Waals surface area contributed by atoms with Gasteiger partial charge in [-0.2, -0.15) is 5.26 Å². The van der Waals surface area contributed by atoms with Crippen molar-refractivity contribution < 1.29 is 4.43 Å². The second-order valence-electron chi connectivity index (χ2n) is 7.89. The lowest BCUT2D eigenvalue weighted by Crippen LogP contribution is -2.48. The van der Waals surface area contributed by atoms with Gasteiger partial charge in [-0.3, -0.25) is 0 Å². The first-order valence-corrected chi connectivity index (χ1v) is 11.3. The lowest BCUT2D eigenvalue weighted by Gasteiger charge is -2.43. The zero-order valence-corrected chi connectivity index (χ0v) is 16.6. The van der Waals surface area contributed by atoms with Crippen molar-refractivity contribution in [3.8, 4) is 6.07 Å². The molecule has 2 aromatic carbocycles. The SMILES string of the molecule is Cc1ccc(C(C#N)(O[Si](C)(C)C(C)(C)C)c2ccccc2)cc1. The van der Waals surface area contributed by atoms with Crippen LogP contribution in [0.5, 0.6) is 0 Å². The molecule has 2 aromatic rings. The van der Waals surface area contributed by atoms with Crippen LogP contribution in [0.4, 0.5) is 0 Å². The Morgan fingerprint density at radius 2 is 1.38 bits per heavy atom. The summed E-state index contributed by atoms with van der Waals surface area (Å²) in [5.74, 6) is 0. The Morgan fingerprint density at radius 1 is 0.875 bits per heavy atom. The molecule has 0 spiro atoms. The smallest absolute Gasteiger partial charge is 0.196 e. The Bertz CT molecular complexity index is 723. The summed E-state index contributed by atoms with van der Waals surface area (Å²) < 4.78 is 6.73. The van der Waals surface area contributed by atoms with Crippen molar-refractivity contribution in [1.82, 2.24) is 0 Å². The van der Waals surface area contributed by atoms with E-state index < -0.39 is 13.9 Å². The summed E-state index contributed by atoms with van der Waals surface area (Å²) in [6.07, 6.45) is 0. The Kier molecular flexibility index (Phi) is 5.03. The van der Waals surface area contributed by atoms with Gasteiger partial charge in [0.15, 0.2) is 13.9 Å². The van der Waals surface area contributed by atoms with Crippen LogP contribution in [-0.2, 0) is 10.0 Å². The van der Waals surface area contributed by atoms with Gasteiger partial charge in [0, 0.05) is 11.1 Å². The van der Waals surface area contributed by atoms with Crippen molar-refractivity contribution >= 4 is 8.32 Å². The molecular weight excluding hydrogens is 310 g/mol. The Balaban J connectivity index is 2.66. The molecule has 0 bridgehead atoms. The van der Waals surface area contributed by atoms with Gasteiger partial charge in [-0.05, 0) is 25.1 Å². The standard InChI is InChI=1S/C21H27NOSi/c1-17-12-14-19(15-13-17)21(16-22,18-10-8-7-9-11-18)23-24(5,6)20(2,3)4/h7-15H,1-6H3. The summed E-state index contributed by atoms with van der Waals surface area (Å²) >= 11 is 0. The average Bonchev–Trinajstić information content (AvgIpc) is 2.53. The van der Waals surface area contributed by atoms with Gasteiger partial charge in [0.1, 0.15) is 6.07 Å². The molecular formula is C21H27NOSi. The lowest BCUT2D eigenvalue weighted by atomic mass is 9.87. The molecule has 1 unspecified atom stereocenters. The fourth-order valence-electron chi connectivity index (χ4n) is 2.43. The molecule has 1 atom stereocenters. The van der Waals surface area contributed by atoms with Gasteiger partial charge < -0.3 is 4.43 Å². The highest BCUT2D eigenvalue weighted by Crippen LogP contribution is 2.44. The van der Waals surface area contributed by atoms with Crippen molar-refractivity contribution in [2.45, 2.75) is 51.4 Å². The maximum absolute atomic E-state index is 10.2. The number of nitriles is 1. The third kappa shape index (κ3) is 3.45. The zero-order valence-electron chi connectivity index (χ0n) is 15.6. The van der Waals surface area contributed by atoms with Crippen LogP contribution in [-0.4, -0.2) is 8.32 Å². The Morgan fingerprint density at radius 3 is 1.83 bits per heavy atom. The predicted octanol–water partition coefficient (Wildman–Crippen LogP) is 5.78. The van der Waals surface area contributed by atoms with Gasteiger partial charge in [-0.1, -0.05) is 80.9 Å². The van der Waals surface area contributed by atoms with E-state index >= 15 is 0 Å². The third-order valence-electron chi connectivity index (χ3n) is 5.01. The number of rotatable bonds is 4. The van der Waals surface area contributed by atoms with Crippen molar-refractivity contribution in [3.63, 3.8) is 0 Å². The molecule has 0 aliphatic carbocycles. The minimum absolute atomic E-state index is 0.0224. The average molecular weight is 338 g/mol. The summed E-state index contributed by atoms with van der Waals surface area (Å²) in [6.45, 7) is 13.0. The van der Waals surface area contributed by atoms with Crippen molar-refractivity contribution in [1.29, 1.82) is 5.26 Å². The molecule has 2 rings (SSSR count). The second kappa shape index (κ2) is 6.55. The van der Waals surface area contributed by atoms with E-state index in [1.165, 1.54) is 5.56 Å². The van der Waals surface area contributed by atoms with E-state index in [0.717, 1.165) is 11.1 Å². The Labute approximate surface area is 147 Å². The molecule has 0 heterocycles. The largest absolute Gasteiger partial charge is 0.392 e. The molecule has 126 valence electrons. The highest BCUT2D eigenvalue weighted by atomic mass is 28.4. The first kappa shape index (κ1) is 18.4. The quantitative estimate of drug-likeness (QED) is 0.662. The molecule has 0 N–H and O–H groups in total. The van der Waals surface area contributed by atoms with Crippen LogP contribution in [0.2, 0.25) is 18.1 Å². The van der Waals surface area contributed by atoms with E-state index in [1.54, 1.807) is 0 Å². The summed E-state index contributed by atoms with van der Waals surface area (Å²) in [5.41, 5.74) is 1.89. The summed E-state index contributed by atoms with van der Waals surface area (Å²) in [4.78, 5) is 0. The summed E-state index contributed by atoms with van der Waals surface area (Å²) in [5, 5.41) is 10.3. The monoisotopic (exact) mass is 337 g/mol. The highest BCUT2D eigenvalue weighted by Gasteiger charge is 2.47. The van der Waals surface area contributed by atoms with E-state index in [-0.39, 0.29) is 5.04 Å². The van der Waals surface area contributed by atoms with Gasteiger partial charge in [-0.25, -0.2) is 0 Å². The second-order valence-corrected chi connectivity index (χ2v) is 12.6. The number of hydrogen-bond donors (Lipinski definition) is 0. The van der Waals surface area contributed by atoms with E-state index in [9.17, 15) is 5.26 Å². The molecule has 0 saturated carbocycles. The van der Waals surface area contributed by atoms with Crippen LogP contribution in [0, 0.1) is 18.3 Å². The number of aryl methyl sites for hydroxylation is 1. The van der Waals surface area contributed by atoms with Crippen molar-refractivity contribution in [2.24, 2.45) is 0 Å². The molecule has 2 nitrogen and oxygen atoms in total. The zero-order chi connectivity index (χ0) is 18.0. The molecule has 0 aliphatic heterocycles. The van der Waals surface area contributed by atoms with Crippen molar-refractivity contribution in [3.05, 3.63) is 71.3 Å². The number of nitrogens with zero attached hydrogens (tertiary/aromatic N) is 1. The minimum atomic E-state index is -2.16. The molecule has 0 amide bonds. The maximum atomic E-state index is 10.2. The van der Waals surface area contributed by atoms with E-state index in [1.807, 2.05) is 54.6 Å². The van der Waals surface area contributed by atoms with Gasteiger partial charge >= 0.3 is 0 Å². The van der Waals surface area contributed by atoms with Gasteiger partial charge in [0.25, 0.3) is 0 Å². The van der Waals surface area contributed by atoms with Crippen LogP contribution >= 0.6 is 0 Å². The molecule has 24 heavy (non-hydrogen) atoms. The van der Waals surface area contributed by atoms with Crippen LogP contribution in [0.1, 0.15) is 37.5 Å². The lowest BCUT2D eigenvalue weighted by molar-refractivity contribution is 0.151. The van der Waals surface area contributed by atoms with Gasteiger partial charge in [0.2, 0.25) is 0 Å². The molecule has 0 saturated heterocycles. The van der Waals surface area contributed by atoms with Crippen LogP contribution in [0.15, 0.2) is 54.6 Å². The van der Waals surface area contributed by atoms with E-state index in [4.69, 9.17) is 4.43 Å². The molecule has 0 aromatic heterocycles. The highest BCUT2D eigenvalue weighted by molar-refractivity contribution is 6.74. The van der Waals surface area contributed by atoms with Gasteiger partial charge in [-0.15, -0.1) is 0 Å². The van der Waals surface area contributed by atoms with E-state index in [0.29, 0.717) is 0 Å². The molecule has 0 aliphatic rings. The first-order valence-electron chi connectivity index (χ1n) is 8.36. The predicted molar refractivity (Wildman–Crippen MR) is 102 cm³/mol. The molecule has 0 fully saturated rings. The normalized spacial score (nSPS) is 14.7. The third-order valence-corrected chi connectivity index (χ3v) is 9.44. The van der Waals surface area contributed by atoms with Gasteiger partial charge in [0.05, 0.1) is 0 Å². The van der Waals surface area contributed by atoms with E-state index in [2.05, 4.69) is 46.9 Å². The molecule has 3 heteroatoms. The summed E-state index contributed by atoms with van der Waals surface area (Å²) in [7, 11) is -2.16. The first-order chi connectivity index (χ1) is 11.1.